The highest BCUT2D eigenvalue weighted by Gasteiger charge is 2.10. The summed E-state index contributed by atoms with van der Waals surface area (Å²) in [7, 11) is 0. The average molecular weight is 351 g/mol. The summed E-state index contributed by atoms with van der Waals surface area (Å²) < 4.78 is 7.34. The number of benzene rings is 2. The molecule has 2 amide bonds. The van der Waals surface area contributed by atoms with Crippen LogP contribution in [0.25, 0.3) is 10.9 Å². The van der Waals surface area contributed by atoms with E-state index in [1.54, 1.807) is 24.3 Å². The Kier molecular flexibility index (Phi) is 5.53. The smallest absolute Gasteiger partial charge is 0.269 e. The van der Waals surface area contributed by atoms with Crippen molar-refractivity contribution >= 4 is 22.7 Å². The van der Waals surface area contributed by atoms with Gasteiger partial charge in [0.25, 0.3) is 11.8 Å². The molecule has 26 heavy (non-hydrogen) atoms. The van der Waals surface area contributed by atoms with Crippen molar-refractivity contribution in [3.63, 3.8) is 0 Å². The lowest BCUT2D eigenvalue weighted by Crippen LogP contribution is -2.43. The largest absolute Gasteiger partial charge is 0.494 e. The van der Waals surface area contributed by atoms with Crippen LogP contribution in [-0.4, -0.2) is 23.0 Å². The van der Waals surface area contributed by atoms with Gasteiger partial charge in [0.1, 0.15) is 12.3 Å². The third-order valence-electron chi connectivity index (χ3n) is 3.88. The van der Waals surface area contributed by atoms with Gasteiger partial charge in [0.2, 0.25) is 0 Å². The predicted octanol–water partition coefficient (Wildman–Crippen LogP) is 2.89. The molecule has 2 aromatic carbocycles. The van der Waals surface area contributed by atoms with Crippen LogP contribution < -0.4 is 15.6 Å². The van der Waals surface area contributed by atoms with E-state index in [0.29, 0.717) is 17.9 Å². The first-order valence-electron chi connectivity index (χ1n) is 8.53. The molecular weight excluding hydrogens is 330 g/mol. The summed E-state index contributed by atoms with van der Waals surface area (Å²) in [6.07, 6.45) is 2.74. The molecule has 6 nitrogen and oxygen atoms in total. The highest BCUT2D eigenvalue weighted by molar-refractivity contribution is 5.95. The number of nitrogens with one attached hydrogen (secondary N) is 2. The molecule has 6 heteroatoms. The zero-order valence-electron chi connectivity index (χ0n) is 14.6. The lowest BCUT2D eigenvalue weighted by molar-refractivity contribution is -0.122. The quantitative estimate of drug-likeness (QED) is 0.671. The van der Waals surface area contributed by atoms with Crippen LogP contribution in [-0.2, 0) is 11.3 Å². The van der Waals surface area contributed by atoms with Crippen molar-refractivity contribution in [1.82, 2.24) is 15.4 Å². The molecule has 0 fully saturated rings. The number of hydrazine groups is 1. The molecule has 0 spiro atoms. The van der Waals surface area contributed by atoms with Gasteiger partial charge in [-0.25, -0.2) is 0 Å². The number of nitrogens with zero attached hydrogens (tertiary/aromatic N) is 1. The van der Waals surface area contributed by atoms with Crippen molar-refractivity contribution < 1.29 is 14.3 Å². The van der Waals surface area contributed by atoms with Crippen LogP contribution in [0, 0.1) is 0 Å². The van der Waals surface area contributed by atoms with Crippen LogP contribution in [0.1, 0.15) is 23.7 Å². The topological polar surface area (TPSA) is 72.4 Å². The maximum absolute atomic E-state index is 12.2. The van der Waals surface area contributed by atoms with Crippen molar-refractivity contribution in [1.29, 1.82) is 0 Å². The fraction of sp³-hybridized carbons (Fsp3) is 0.200. The number of carbonyl (C=O) groups is 2. The number of carbonyl (C=O) groups excluding carboxylic acids is 2. The number of hydrogen-bond acceptors (Lipinski definition) is 3. The molecule has 0 aliphatic heterocycles. The summed E-state index contributed by atoms with van der Waals surface area (Å²) in [4.78, 5) is 24.3. The van der Waals surface area contributed by atoms with E-state index in [1.807, 2.05) is 48.0 Å². The number of para-hydroxylation sites is 1. The molecule has 0 unspecified atom stereocenters. The molecule has 1 aromatic heterocycles. The summed E-state index contributed by atoms with van der Waals surface area (Å²) in [6, 6.07) is 16.6. The summed E-state index contributed by atoms with van der Waals surface area (Å²) in [5.41, 5.74) is 6.27. The molecule has 0 bridgehead atoms. The third-order valence-corrected chi connectivity index (χ3v) is 3.88. The van der Waals surface area contributed by atoms with Gasteiger partial charge in [0.15, 0.2) is 0 Å². The van der Waals surface area contributed by atoms with Crippen LogP contribution >= 0.6 is 0 Å². The summed E-state index contributed by atoms with van der Waals surface area (Å²) >= 11 is 0. The second-order valence-electron chi connectivity index (χ2n) is 5.88. The van der Waals surface area contributed by atoms with E-state index < -0.39 is 5.91 Å². The Balaban J connectivity index is 1.56. The number of hydrogen-bond donors (Lipinski definition) is 2. The van der Waals surface area contributed by atoms with E-state index >= 15 is 0 Å². The highest BCUT2D eigenvalue weighted by Crippen LogP contribution is 2.15. The van der Waals surface area contributed by atoms with Gasteiger partial charge in [-0.2, -0.15) is 0 Å². The van der Waals surface area contributed by atoms with E-state index in [9.17, 15) is 9.59 Å². The Bertz CT molecular complexity index is 917. The lowest BCUT2D eigenvalue weighted by atomic mass is 10.2. The van der Waals surface area contributed by atoms with Gasteiger partial charge in [-0.3, -0.25) is 20.4 Å². The SMILES string of the molecule is CCCOc1cccc(C(=O)NNC(=O)Cn2ccc3ccccc32)c1. The first-order valence-corrected chi connectivity index (χ1v) is 8.53. The van der Waals surface area contributed by atoms with Gasteiger partial charge in [-0.05, 0) is 42.1 Å². The second-order valence-corrected chi connectivity index (χ2v) is 5.88. The average Bonchev–Trinajstić information content (AvgIpc) is 3.07. The minimum atomic E-state index is -0.391. The van der Waals surface area contributed by atoms with Crippen LogP contribution in [0.2, 0.25) is 0 Å². The minimum absolute atomic E-state index is 0.118. The van der Waals surface area contributed by atoms with Crippen molar-refractivity contribution in [3.8, 4) is 5.75 Å². The first kappa shape index (κ1) is 17.5. The summed E-state index contributed by atoms with van der Waals surface area (Å²) in [6.45, 7) is 2.72. The van der Waals surface area contributed by atoms with Crippen molar-refractivity contribution in [2.75, 3.05) is 6.61 Å². The van der Waals surface area contributed by atoms with Gasteiger partial charge in [-0.15, -0.1) is 0 Å². The van der Waals surface area contributed by atoms with Gasteiger partial charge in [0.05, 0.1) is 6.61 Å². The zero-order valence-corrected chi connectivity index (χ0v) is 14.6. The zero-order chi connectivity index (χ0) is 18.4. The Morgan fingerprint density at radius 3 is 2.73 bits per heavy atom. The van der Waals surface area contributed by atoms with Gasteiger partial charge in [-0.1, -0.05) is 31.2 Å². The van der Waals surface area contributed by atoms with E-state index in [-0.39, 0.29) is 12.5 Å². The van der Waals surface area contributed by atoms with E-state index in [0.717, 1.165) is 17.3 Å². The predicted molar refractivity (Wildman–Crippen MR) is 99.8 cm³/mol. The standard InChI is InChI=1S/C20H21N3O3/c1-2-12-26-17-8-5-7-16(13-17)20(25)22-21-19(24)14-23-11-10-15-6-3-4-9-18(15)23/h3-11,13H,2,12,14H2,1H3,(H,21,24)(H,22,25). The highest BCUT2D eigenvalue weighted by atomic mass is 16.5. The number of rotatable bonds is 6. The van der Waals surface area contributed by atoms with Crippen LogP contribution in [0.4, 0.5) is 0 Å². The molecule has 0 saturated carbocycles. The number of fused-ring (bicyclic) bond motifs is 1. The number of aromatic nitrogens is 1. The molecule has 0 saturated heterocycles. The van der Waals surface area contributed by atoms with Crippen molar-refractivity contribution in [2.24, 2.45) is 0 Å². The molecule has 0 atom stereocenters. The molecule has 134 valence electrons. The maximum Gasteiger partial charge on any atom is 0.269 e. The van der Waals surface area contributed by atoms with Crippen molar-refractivity contribution in [2.45, 2.75) is 19.9 Å². The minimum Gasteiger partial charge on any atom is -0.494 e. The normalized spacial score (nSPS) is 10.5. The van der Waals surface area contributed by atoms with Crippen LogP contribution in [0.3, 0.4) is 0 Å². The number of ether oxygens (including phenoxy) is 1. The van der Waals surface area contributed by atoms with Gasteiger partial charge >= 0.3 is 0 Å². The van der Waals surface area contributed by atoms with Crippen LogP contribution in [0.15, 0.2) is 60.8 Å². The molecule has 3 rings (SSSR count). The molecule has 0 aliphatic carbocycles. The molecule has 0 aliphatic rings. The van der Waals surface area contributed by atoms with Gasteiger partial charge < -0.3 is 9.30 Å². The monoisotopic (exact) mass is 351 g/mol. The lowest BCUT2D eigenvalue weighted by Gasteiger charge is -2.10. The van der Waals surface area contributed by atoms with E-state index in [2.05, 4.69) is 10.9 Å². The Labute approximate surface area is 151 Å². The Morgan fingerprint density at radius 2 is 1.88 bits per heavy atom. The van der Waals surface area contributed by atoms with Crippen LogP contribution in [0.5, 0.6) is 5.75 Å². The third kappa shape index (κ3) is 4.22. The molecular formula is C20H21N3O3. The number of amides is 2. The molecule has 3 aromatic rings. The van der Waals surface area contributed by atoms with E-state index in [4.69, 9.17) is 4.74 Å². The van der Waals surface area contributed by atoms with Crippen molar-refractivity contribution in [3.05, 3.63) is 66.4 Å². The Hall–Kier alpha value is -3.28. The maximum atomic E-state index is 12.2. The first-order chi connectivity index (χ1) is 12.7. The molecule has 1 heterocycles. The fourth-order valence-electron chi connectivity index (χ4n) is 2.62. The fourth-order valence-corrected chi connectivity index (χ4v) is 2.62. The molecule has 2 N–H and O–H groups in total. The molecule has 0 radical (unpaired) electrons. The summed E-state index contributed by atoms with van der Waals surface area (Å²) in [5, 5.41) is 1.06. The van der Waals surface area contributed by atoms with E-state index in [1.165, 1.54) is 0 Å². The Morgan fingerprint density at radius 1 is 1.04 bits per heavy atom. The second kappa shape index (κ2) is 8.20. The van der Waals surface area contributed by atoms with Gasteiger partial charge in [0, 0.05) is 17.3 Å². The summed E-state index contributed by atoms with van der Waals surface area (Å²) in [5.74, 6) is -0.0691.